The Bertz CT molecular complexity index is 219. The summed E-state index contributed by atoms with van der Waals surface area (Å²) in [5, 5.41) is 3.36. The molecule has 0 aromatic carbocycles. The lowest BCUT2D eigenvalue weighted by Crippen LogP contribution is -2.51. The van der Waals surface area contributed by atoms with Crippen molar-refractivity contribution >= 4 is 0 Å². The standard InChI is InChI=1S/C14H28N2/c1-14(2)11-16(13-6-4-5-7-13)9-8-12(14)10-15-3/h12-13,15H,4-11H2,1-3H3. The summed E-state index contributed by atoms with van der Waals surface area (Å²) in [5.74, 6) is 0.857. The van der Waals surface area contributed by atoms with Crippen LogP contribution in [0, 0.1) is 11.3 Å². The molecule has 1 saturated carbocycles. The van der Waals surface area contributed by atoms with Crippen molar-refractivity contribution in [1.82, 2.24) is 10.2 Å². The fraction of sp³-hybridized carbons (Fsp3) is 1.00. The smallest absolute Gasteiger partial charge is 0.00954 e. The Labute approximate surface area is 101 Å². The third kappa shape index (κ3) is 2.60. The molecule has 0 aromatic rings. The van der Waals surface area contributed by atoms with Crippen molar-refractivity contribution in [1.29, 1.82) is 0 Å². The number of nitrogens with zero attached hydrogens (tertiary/aromatic N) is 1. The highest BCUT2D eigenvalue weighted by Crippen LogP contribution is 2.37. The molecule has 0 radical (unpaired) electrons. The zero-order valence-corrected chi connectivity index (χ0v) is 11.3. The van der Waals surface area contributed by atoms with Crippen LogP contribution in [0.15, 0.2) is 0 Å². The van der Waals surface area contributed by atoms with E-state index in [0.29, 0.717) is 5.41 Å². The van der Waals surface area contributed by atoms with E-state index in [-0.39, 0.29) is 0 Å². The predicted molar refractivity (Wildman–Crippen MR) is 69.6 cm³/mol. The summed E-state index contributed by atoms with van der Waals surface area (Å²) in [7, 11) is 2.08. The summed E-state index contributed by atoms with van der Waals surface area (Å²) >= 11 is 0. The van der Waals surface area contributed by atoms with Crippen LogP contribution in [0.3, 0.4) is 0 Å². The highest BCUT2D eigenvalue weighted by molar-refractivity contribution is 4.91. The van der Waals surface area contributed by atoms with E-state index >= 15 is 0 Å². The van der Waals surface area contributed by atoms with E-state index in [4.69, 9.17) is 0 Å². The van der Waals surface area contributed by atoms with Crippen LogP contribution in [0.1, 0.15) is 46.0 Å². The van der Waals surface area contributed by atoms with Gasteiger partial charge in [0.1, 0.15) is 0 Å². The predicted octanol–water partition coefficient (Wildman–Crippen LogP) is 2.50. The first-order chi connectivity index (χ1) is 7.63. The minimum atomic E-state index is 0.490. The Morgan fingerprint density at radius 3 is 2.44 bits per heavy atom. The minimum absolute atomic E-state index is 0.490. The maximum atomic E-state index is 3.36. The van der Waals surface area contributed by atoms with Gasteiger partial charge in [0.05, 0.1) is 0 Å². The molecule has 0 bridgehead atoms. The van der Waals surface area contributed by atoms with Gasteiger partial charge in [-0.3, -0.25) is 4.90 Å². The van der Waals surface area contributed by atoms with Crippen LogP contribution in [0.2, 0.25) is 0 Å². The summed E-state index contributed by atoms with van der Waals surface area (Å²) in [6, 6.07) is 0.912. The first-order valence-corrected chi connectivity index (χ1v) is 7.02. The second kappa shape index (κ2) is 5.05. The summed E-state index contributed by atoms with van der Waals surface area (Å²) in [6.45, 7) is 8.74. The van der Waals surface area contributed by atoms with Crippen LogP contribution in [0.5, 0.6) is 0 Å². The number of piperidine rings is 1. The lowest BCUT2D eigenvalue weighted by molar-refractivity contribution is 0.0303. The largest absolute Gasteiger partial charge is 0.319 e. The number of rotatable bonds is 3. The molecule has 0 aromatic heterocycles. The lowest BCUT2D eigenvalue weighted by atomic mass is 9.73. The average molecular weight is 224 g/mol. The summed E-state index contributed by atoms with van der Waals surface area (Å²) in [4.78, 5) is 2.78. The molecule has 0 amide bonds. The maximum Gasteiger partial charge on any atom is 0.00954 e. The first-order valence-electron chi connectivity index (χ1n) is 7.02. The second-order valence-corrected chi connectivity index (χ2v) is 6.44. The quantitative estimate of drug-likeness (QED) is 0.792. The van der Waals surface area contributed by atoms with E-state index in [1.54, 1.807) is 0 Å². The van der Waals surface area contributed by atoms with Gasteiger partial charge in [-0.15, -0.1) is 0 Å². The van der Waals surface area contributed by atoms with Crippen molar-refractivity contribution in [3.63, 3.8) is 0 Å². The van der Waals surface area contributed by atoms with Crippen LogP contribution >= 0.6 is 0 Å². The zero-order chi connectivity index (χ0) is 11.6. The molecular weight excluding hydrogens is 196 g/mol. The van der Waals surface area contributed by atoms with E-state index in [1.807, 2.05) is 0 Å². The number of likely N-dealkylation sites (tertiary alicyclic amines) is 1. The first kappa shape index (κ1) is 12.4. The number of hydrogen-bond acceptors (Lipinski definition) is 2. The van der Waals surface area contributed by atoms with E-state index in [0.717, 1.165) is 12.0 Å². The van der Waals surface area contributed by atoms with Gasteiger partial charge in [-0.05, 0) is 50.7 Å². The fourth-order valence-electron chi connectivity index (χ4n) is 3.65. The van der Waals surface area contributed by atoms with Crippen molar-refractivity contribution in [2.24, 2.45) is 11.3 Å². The van der Waals surface area contributed by atoms with Crippen molar-refractivity contribution < 1.29 is 0 Å². The van der Waals surface area contributed by atoms with Gasteiger partial charge >= 0.3 is 0 Å². The van der Waals surface area contributed by atoms with E-state index < -0.39 is 0 Å². The Hall–Kier alpha value is -0.0800. The molecule has 1 saturated heterocycles. The Balaban J connectivity index is 1.92. The molecule has 94 valence electrons. The lowest BCUT2D eigenvalue weighted by Gasteiger charge is -2.46. The number of hydrogen-bond donors (Lipinski definition) is 1. The van der Waals surface area contributed by atoms with Crippen LogP contribution in [-0.2, 0) is 0 Å². The monoisotopic (exact) mass is 224 g/mol. The van der Waals surface area contributed by atoms with Crippen LogP contribution < -0.4 is 5.32 Å². The molecule has 1 aliphatic carbocycles. The molecule has 1 heterocycles. The molecular formula is C14H28N2. The maximum absolute atomic E-state index is 3.36. The number of nitrogens with one attached hydrogen (secondary N) is 1. The van der Waals surface area contributed by atoms with Gasteiger partial charge < -0.3 is 5.32 Å². The zero-order valence-electron chi connectivity index (χ0n) is 11.3. The third-order valence-electron chi connectivity index (χ3n) is 4.77. The Morgan fingerprint density at radius 2 is 1.88 bits per heavy atom. The second-order valence-electron chi connectivity index (χ2n) is 6.44. The summed E-state index contributed by atoms with van der Waals surface area (Å²) in [5.41, 5.74) is 0.490. The van der Waals surface area contributed by atoms with Gasteiger partial charge in [0.15, 0.2) is 0 Å². The van der Waals surface area contributed by atoms with Crippen LogP contribution in [0.4, 0.5) is 0 Å². The Morgan fingerprint density at radius 1 is 1.19 bits per heavy atom. The van der Waals surface area contributed by atoms with E-state index in [1.165, 1.54) is 51.7 Å². The highest BCUT2D eigenvalue weighted by Gasteiger charge is 2.37. The van der Waals surface area contributed by atoms with Crippen LogP contribution in [0.25, 0.3) is 0 Å². The Kier molecular flexibility index (Phi) is 3.91. The summed E-state index contributed by atoms with van der Waals surface area (Å²) < 4.78 is 0. The molecule has 2 heteroatoms. The molecule has 2 fully saturated rings. The molecule has 1 N–H and O–H groups in total. The van der Waals surface area contributed by atoms with Gasteiger partial charge in [0.25, 0.3) is 0 Å². The minimum Gasteiger partial charge on any atom is -0.319 e. The van der Waals surface area contributed by atoms with Crippen molar-refractivity contribution in [3.05, 3.63) is 0 Å². The van der Waals surface area contributed by atoms with E-state index in [9.17, 15) is 0 Å². The highest BCUT2D eigenvalue weighted by atomic mass is 15.2. The van der Waals surface area contributed by atoms with Gasteiger partial charge in [-0.25, -0.2) is 0 Å². The van der Waals surface area contributed by atoms with Crippen molar-refractivity contribution in [3.8, 4) is 0 Å². The molecule has 1 unspecified atom stereocenters. The topological polar surface area (TPSA) is 15.3 Å². The van der Waals surface area contributed by atoms with Gasteiger partial charge in [-0.2, -0.15) is 0 Å². The van der Waals surface area contributed by atoms with E-state index in [2.05, 4.69) is 31.1 Å². The van der Waals surface area contributed by atoms with Crippen molar-refractivity contribution in [2.45, 2.75) is 52.0 Å². The molecule has 2 rings (SSSR count). The molecule has 2 aliphatic rings. The van der Waals surface area contributed by atoms with Gasteiger partial charge in [0.2, 0.25) is 0 Å². The SMILES string of the molecule is CNCC1CCN(C2CCCC2)CC1(C)C. The van der Waals surface area contributed by atoms with Gasteiger partial charge in [0, 0.05) is 12.6 Å². The molecule has 0 spiro atoms. The third-order valence-corrected chi connectivity index (χ3v) is 4.77. The molecule has 1 atom stereocenters. The molecule has 2 nitrogen and oxygen atoms in total. The summed E-state index contributed by atoms with van der Waals surface area (Å²) in [6.07, 6.45) is 7.20. The van der Waals surface area contributed by atoms with Gasteiger partial charge in [-0.1, -0.05) is 26.7 Å². The molecule has 16 heavy (non-hydrogen) atoms. The average Bonchev–Trinajstić information content (AvgIpc) is 2.74. The molecule has 1 aliphatic heterocycles. The van der Waals surface area contributed by atoms with Crippen LogP contribution in [-0.4, -0.2) is 37.6 Å². The normalized spacial score (nSPS) is 32.1. The van der Waals surface area contributed by atoms with Crippen molar-refractivity contribution in [2.75, 3.05) is 26.7 Å². The fourth-order valence-corrected chi connectivity index (χ4v) is 3.65.